The molecular formula is C12H11FO2. The summed E-state index contributed by atoms with van der Waals surface area (Å²) in [5, 5.41) is 0. The van der Waals surface area contributed by atoms with Crippen molar-refractivity contribution in [2.45, 2.75) is 13.8 Å². The minimum atomic E-state index is -0.431. The zero-order chi connectivity index (χ0) is 11.3. The van der Waals surface area contributed by atoms with E-state index in [1.54, 1.807) is 6.92 Å². The van der Waals surface area contributed by atoms with Crippen molar-refractivity contribution in [2.24, 2.45) is 0 Å². The number of carbonyl (C=O) groups is 1. The van der Waals surface area contributed by atoms with Gasteiger partial charge >= 0.3 is 0 Å². The van der Waals surface area contributed by atoms with Crippen LogP contribution in [0.5, 0.6) is 5.75 Å². The van der Waals surface area contributed by atoms with Gasteiger partial charge in [0.05, 0.1) is 5.56 Å². The summed E-state index contributed by atoms with van der Waals surface area (Å²) in [4.78, 5) is 11.2. The highest BCUT2D eigenvalue weighted by Gasteiger charge is 2.08. The van der Waals surface area contributed by atoms with E-state index in [9.17, 15) is 9.18 Å². The second-order valence-corrected chi connectivity index (χ2v) is 2.91. The molecule has 0 aromatic heterocycles. The van der Waals surface area contributed by atoms with Crippen molar-refractivity contribution in [3.05, 3.63) is 29.6 Å². The molecule has 0 bridgehead atoms. The van der Waals surface area contributed by atoms with Crippen LogP contribution in [0, 0.1) is 17.7 Å². The molecule has 0 amide bonds. The lowest BCUT2D eigenvalue weighted by Gasteiger charge is -2.06. The van der Waals surface area contributed by atoms with Crippen LogP contribution >= 0.6 is 0 Å². The number of hydrogen-bond donors (Lipinski definition) is 0. The van der Waals surface area contributed by atoms with Gasteiger partial charge in [0.25, 0.3) is 0 Å². The van der Waals surface area contributed by atoms with Crippen molar-refractivity contribution in [2.75, 3.05) is 6.61 Å². The van der Waals surface area contributed by atoms with E-state index in [4.69, 9.17) is 4.74 Å². The van der Waals surface area contributed by atoms with Gasteiger partial charge in [-0.1, -0.05) is 5.92 Å². The van der Waals surface area contributed by atoms with Crippen LogP contribution in [0.25, 0.3) is 0 Å². The number of ketones is 1. The van der Waals surface area contributed by atoms with Gasteiger partial charge in [-0.2, -0.15) is 0 Å². The van der Waals surface area contributed by atoms with E-state index in [0.29, 0.717) is 5.56 Å². The SMILES string of the molecule is CC#CCOc1cc(F)ccc1C(C)=O. The van der Waals surface area contributed by atoms with Crippen LogP contribution in [0.4, 0.5) is 4.39 Å². The van der Waals surface area contributed by atoms with Gasteiger partial charge in [-0.15, -0.1) is 5.92 Å². The third kappa shape index (κ3) is 3.10. The van der Waals surface area contributed by atoms with Crippen LogP contribution < -0.4 is 4.74 Å². The molecular weight excluding hydrogens is 195 g/mol. The van der Waals surface area contributed by atoms with E-state index in [1.807, 2.05) is 0 Å². The first-order valence-corrected chi connectivity index (χ1v) is 4.48. The van der Waals surface area contributed by atoms with E-state index < -0.39 is 5.82 Å². The molecule has 3 heteroatoms. The lowest BCUT2D eigenvalue weighted by Crippen LogP contribution is -2.02. The van der Waals surface area contributed by atoms with Gasteiger partial charge in [-0.3, -0.25) is 4.79 Å². The molecule has 15 heavy (non-hydrogen) atoms. The molecule has 0 heterocycles. The Balaban J connectivity index is 2.95. The Morgan fingerprint density at radius 3 is 2.87 bits per heavy atom. The fourth-order valence-electron chi connectivity index (χ4n) is 1.09. The molecule has 0 aliphatic carbocycles. The molecule has 0 aliphatic rings. The number of benzene rings is 1. The first-order valence-electron chi connectivity index (χ1n) is 4.48. The first-order chi connectivity index (χ1) is 7.15. The zero-order valence-corrected chi connectivity index (χ0v) is 8.63. The summed E-state index contributed by atoms with van der Waals surface area (Å²) >= 11 is 0. The van der Waals surface area contributed by atoms with Crippen LogP contribution in [0.15, 0.2) is 18.2 Å². The van der Waals surface area contributed by atoms with Crippen molar-refractivity contribution >= 4 is 5.78 Å². The summed E-state index contributed by atoms with van der Waals surface area (Å²) < 4.78 is 18.1. The second kappa shape index (κ2) is 5.16. The average Bonchev–Trinajstić information content (AvgIpc) is 2.18. The predicted molar refractivity (Wildman–Crippen MR) is 55.3 cm³/mol. The fourth-order valence-corrected chi connectivity index (χ4v) is 1.09. The van der Waals surface area contributed by atoms with Gasteiger partial charge < -0.3 is 4.74 Å². The number of halogens is 1. The molecule has 1 aromatic rings. The molecule has 0 spiro atoms. The lowest BCUT2D eigenvalue weighted by molar-refractivity contribution is 0.101. The molecule has 0 radical (unpaired) electrons. The summed E-state index contributed by atoms with van der Waals surface area (Å²) in [6.45, 7) is 3.24. The van der Waals surface area contributed by atoms with Gasteiger partial charge in [0.2, 0.25) is 0 Å². The molecule has 0 N–H and O–H groups in total. The third-order valence-corrected chi connectivity index (χ3v) is 1.80. The van der Waals surface area contributed by atoms with Crippen LogP contribution in [0.3, 0.4) is 0 Å². The fraction of sp³-hybridized carbons (Fsp3) is 0.250. The highest BCUT2D eigenvalue weighted by atomic mass is 19.1. The maximum Gasteiger partial charge on any atom is 0.163 e. The Morgan fingerprint density at radius 2 is 2.27 bits per heavy atom. The number of Topliss-reactive ketones (excluding diaryl/α,β-unsaturated/α-hetero) is 1. The number of ether oxygens (including phenoxy) is 1. The van der Waals surface area contributed by atoms with Gasteiger partial charge in [0.1, 0.15) is 18.2 Å². The molecule has 0 atom stereocenters. The molecule has 2 nitrogen and oxygen atoms in total. The van der Waals surface area contributed by atoms with Crippen LogP contribution in [0.1, 0.15) is 24.2 Å². The predicted octanol–water partition coefficient (Wildman–Crippen LogP) is 2.43. The molecule has 0 saturated heterocycles. The third-order valence-electron chi connectivity index (χ3n) is 1.80. The number of carbonyl (C=O) groups excluding carboxylic acids is 1. The van der Waals surface area contributed by atoms with E-state index in [-0.39, 0.29) is 18.1 Å². The van der Waals surface area contributed by atoms with Gasteiger partial charge in [-0.05, 0) is 26.0 Å². The quantitative estimate of drug-likeness (QED) is 0.560. The standard InChI is InChI=1S/C12H11FO2/c1-3-4-7-15-12-8-10(13)5-6-11(12)9(2)14/h5-6,8H,7H2,1-2H3. The van der Waals surface area contributed by atoms with E-state index >= 15 is 0 Å². The van der Waals surface area contributed by atoms with Crippen molar-refractivity contribution in [3.8, 4) is 17.6 Å². The molecule has 1 rings (SSSR count). The largest absolute Gasteiger partial charge is 0.480 e. The second-order valence-electron chi connectivity index (χ2n) is 2.91. The molecule has 78 valence electrons. The van der Waals surface area contributed by atoms with E-state index in [2.05, 4.69) is 11.8 Å². The Bertz CT molecular complexity index is 427. The lowest BCUT2D eigenvalue weighted by atomic mass is 10.1. The Labute approximate surface area is 88.1 Å². The molecule has 0 fully saturated rings. The first kappa shape index (κ1) is 11.3. The maximum atomic E-state index is 12.9. The van der Waals surface area contributed by atoms with Crippen LogP contribution in [-0.2, 0) is 0 Å². The van der Waals surface area contributed by atoms with Crippen LogP contribution in [-0.4, -0.2) is 12.4 Å². The Morgan fingerprint density at radius 1 is 1.53 bits per heavy atom. The number of rotatable bonds is 3. The normalized spacial score (nSPS) is 9.00. The van der Waals surface area contributed by atoms with Gasteiger partial charge in [0, 0.05) is 6.07 Å². The molecule has 0 aliphatic heterocycles. The van der Waals surface area contributed by atoms with Crippen molar-refractivity contribution < 1.29 is 13.9 Å². The summed E-state index contributed by atoms with van der Waals surface area (Å²) in [7, 11) is 0. The average molecular weight is 206 g/mol. The van der Waals surface area contributed by atoms with Gasteiger partial charge in [-0.25, -0.2) is 4.39 Å². The Hall–Kier alpha value is -1.82. The zero-order valence-electron chi connectivity index (χ0n) is 8.63. The molecule has 0 saturated carbocycles. The van der Waals surface area contributed by atoms with Crippen molar-refractivity contribution in [1.29, 1.82) is 0 Å². The van der Waals surface area contributed by atoms with Crippen molar-refractivity contribution in [3.63, 3.8) is 0 Å². The summed E-state index contributed by atoms with van der Waals surface area (Å²) in [6, 6.07) is 3.83. The van der Waals surface area contributed by atoms with E-state index in [1.165, 1.54) is 25.1 Å². The van der Waals surface area contributed by atoms with Gasteiger partial charge in [0.15, 0.2) is 5.78 Å². The molecule has 0 unspecified atom stereocenters. The monoisotopic (exact) mass is 206 g/mol. The minimum Gasteiger partial charge on any atom is -0.480 e. The van der Waals surface area contributed by atoms with Crippen LogP contribution in [0.2, 0.25) is 0 Å². The minimum absolute atomic E-state index is 0.153. The molecule has 1 aromatic carbocycles. The summed E-state index contributed by atoms with van der Waals surface area (Å²) in [6.07, 6.45) is 0. The Kier molecular flexibility index (Phi) is 3.87. The van der Waals surface area contributed by atoms with E-state index in [0.717, 1.165) is 0 Å². The highest BCUT2D eigenvalue weighted by molar-refractivity contribution is 5.96. The number of hydrogen-bond acceptors (Lipinski definition) is 2. The maximum absolute atomic E-state index is 12.9. The summed E-state index contributed by atoms with van der Waals surface area (Å²) in [5.41, 5.74) is 0.370. The van der Waals surface area contributed by atoms with Crippen molar-refractivity contribution in [1.82, 2.24) is 0 Å². The highest BCUT2D eigenvalue weighted by Crippen LogP contribution is 2.20. The smallest absolute Gasteiger partial charge is 0.163 e. The topological polar surface area (TPSA) is 26.3 Å². The summed E-state index contributed by atoms with van der Waals surface area (Å²) in [5.74, 6) is 4.98.